The average Bonchev–Trinajstić information content (AvgIpc) is 2.13. The zero-order valence-electron chi connectivity index (χ0n) is 11.1. The maximum absolute atomic E-state index is 11.7. The molecule has 0 bridgehead atoms. The van der Waals surface area contributed by atoms with Crippen LogP contribution in [-0.2, 0) is 9.84 Å². The highest BCUT2D eigenvalue weighted by atomic mass is 32.2. The maximum Gasteiger partial charge on any atom is 0.179 e. The molecule has 0 aliphatic heterocycles. The van der Waals surface area contributed by atoms with E-state index in [4.69, 9.17) is 0 Å². The quantitative estimate of drug-likeness (QED) is 0.829. The third-order valence-corrected chi connectivity index (χ3v) is 3.34. The van der Waals surface area contributed by atoms with E-state index in [0.717, 1.165) is 6.54 Å². The van der Waals surface area contributed by atoms with E-state index in [1.165, 1.54) is 6.26 Å². The Bertz CT molecular complexity index is 489. The molecule has 0 saturated heterocycles. The first-order chi connectivity index (χ1) is 7.61. The molecule has 4 nitrogen and oxygen atoms in total. The molecule has 0 fully saturated rings. The van der Waals surface area contributed by atoms with E-state index < -0.39 is 9.84 Å². The minimum Gasteiger partial charge on any atom is -0.358 e. The van der Waals surface area contributed by atoms with E-state index in [0.29, 0.717) is 5.82 Å². The number of sulfone groups is 1. The number of rotatable bonds is 3. The molecule has 1 aromatic heterocycles. The van der Waals surface area contributed by atoms with E-state index in [1.807, 2.05) is 11.9 Å². The van der Waals surface area contributed by atoms with Gasteiger partial charge in [-0.3, -0.25) is 0 Å². The largest absolute Gasteiger partial charge is 0.358 e. The molecule has 0 radical (unpaired) electrons. The molecule has 0 unspecified atom stereocenters. The van der Waals surface area contributed by atoms with Gasteiger partial charge in [-0.1, -0.05) is 20.8 Å². The summed E-state index contributed by atoms with van der Waals surface area (Å²) in [5.41, 5.74) is 0.0844. The van der Waals surface area contributed by atoms with Crippen molar-refractivity contribution in [1.29, 1.82) is 0 Å². The van der Waals surface area contributed by atoms with Gasteiger partial charge in [0.05, 0.1) is 0 Å². The Morgan fingerprint density at radius 1 is 1.35 bits per heavy atom. The summed E-state index contributed by atoms with van der Waals surface area (Å²) in [7, 11) is -1.37. The van der Waals surface area contributed by atoms with Crippen LogP contribution in [0.4, 0.5) is 5.82 Å². The molecule has 1 aromatic rings. The molecule has 0 atom stereocenters. The van der Waals surface area contributed by atoms with Gasteiger partial charge in [0.2, 0.25) is 0 Å². The number of anilines is 1. The normalized spacial score (nSPS) is 12.5. The van der Waals surface area contributed by atoms with Gasteiger partial charge in [-0.25, -0.2) is 13.4 Å². The summed E-state index contributed by atoms with van der Waals surface area (Å²) in [5.74, 6) is 0.518. The second-order valence-electron chi connectivity index (χ2n) is 5.51. The van der Waals surface area contributed by atoms with Crippen LogP contribution in [0, 0.1) is 5.41 Å². The predicted octanol–water partition coefficient (Wildman–Crippen LogP) is 1.97. The molecule has 17 heavy (non-hydrogen) atoms. The minimum absolute atomic E-state index is 0.0844. The van der Waals surface area contributed by atoms with Crippen LogP contribution in [0.3, 0.4) is 0 Å². The number of hydrogen-bond acceptors (Lipinski definition) is 4. The molecular formula is C12H20N2O2S. The van der Waals surface area contributed by atoms with E-state index >= 15 is 0 Å². The SMILES string of the molecule is CN(CC(C)(C)C)c1ncccc1S(C)(=O)=O. The van der Waals surface area contributed by atoms with Crippen LogP contribution in [0.15, 0.2) is 23.2 Å². The number of pyridine rings is 1. The Balaban J connectivity index is 3.15. The monoisotopic (exact) mass is 256 g/mol. The molecule has 0 aliphatic rings. The summed E-state index contributed by atoms with van der Waals surface area (Å²) in [6, 6.07) is 3.24. The van der Waals surface area contributed by atoms with Crippen molar-refractivity contribution in [3.63, 3.8) is 0 Å². The van der Waals surface area contributed by atoms with Crippen LogP contribution in [0.2, 0.25) is 0 Å². The van der Waals surface area contributed by atoms with Crippen molar-refractivity contribution in [3.8, 4) is 0 Å². The van der Waals surface area contributed by atoms with E-state index in [9.17, 15) is 8.42 Å². The average molecular weight is 256 g/mol. The topological polar surface area (TPSA) is 50.3 Å². The van der Waals surface area contributed by atoms with Crippen LogP contribution in [-0.4, -0.2) is 33.2 Å². The first-order valence-corrected chi connectivity index (χ1v) is 7.36. The Hall–Kier alpha value is -1.10. The molecule has 0 spiro atoms. The molecule has 0 N–H and O–H groups in total. The Kier molecular flexibility index (Phi) is 3.81. The fraction of sp³-hybridized carbons (Fsp3) is 0.583. The van der Waals surface area contributed by atoms with Gasteiger partial charge in [0.1, 0.15) is 10.7 Å². The lowest BCUT2D eigenvalue weighted by atomic mass is 9.96. The fourth-order valence-electron chi connectivity index (χ4n) is 1.74. The van der Waals surface area contributed by atoms with Crippen molar-refractivity contribution in [3.05, 3.63) is 18.3 Å². The van der Waals surface area contributed by atoms with Crippen molar-refractivity contribution in [2.45, 2.75) is 25.7 Å². The number of nitrogens with zero attached hydrogens (tertiary/aromatic N) is 2. The van der Waals surface area contributed by atoms with Gasteiger partial charge >= 0.3 is 0 Å². The van der Waals surface area contributed by atoms with Gasteiger partial charge < -0.3 is 4.90 Å². The lowest BCUT2D eigenvalue weighted by Gasteiger charge is -2.28. The summed E-state index contributed by atoms with van der Waals surface area (Å²) in [4.78, 5) is 6.35. The molecule has 96 valence electrons. The Labute approximate surface area is 104 Å². The highest BCUT2D eigenvalue weighted by molar-refractivity contribution is 7.90. The van der Waals surface area contributed by atoms with Gasteiger partial charge in [0.25, 0.3) is 0 Å². The molecule has 0 aliphatic carbocycles. The Morgan fingerprint density at radius 2 is 1.94 bits per heavy atom. The van der Waals surface area contributed by atoms with Crippen LogP contribution >= 0.6 is 0 Å². The smallest absolute Gasteiger partial charge is 0.179 e. The van der Waals surface area contributed by atoms with Crippen LogP contribution in [0.5, 0.6) is 0 Å². The maximum atomic E-state index is 11.7. The molecule has 5 heteroatoms. The zero-order valence-corrected chi connectivity index (χ0v) is 11.9. The van der Waals surface area contributed by atoms with Crippen LogP contribution in [0.1, 0.15) is 20.8 Å². The van der Waals surface area contributed by atoms with E-state index in [-0.39, 0.29) is 10.3 Å². The van der Waals surface area contributed by atoms with Gasteiger partial charge in [-0.2, -0.15) is 0 Å². The highest BCUT2D eigenvalue weighted by Gasteiger charge is 2.20. The summed E-state index contributed by atoms with van der Waals surface area (Å²) in [6.07, 6.45) is 2.82. The van der Waals surface area contributed by atoms with Crippen molar-refractivity contribution < 1.29 is 8.42 Å². The summed E-state index contributed by atoms with van der Waals surface area (Å²) < 4.78 is 23.3. The van der Waals surface area contributed by atoms with Crippen LogP contribution < -0.4 is 4.90 Å². The fourth-order valence-corrected chi connectivity index (χ4v) is 2.61. The van der Waals surface area contributed by atoms with Crippen LogP contribution in [0.25, 0.3) is 0 Å². The zero-order chi connectivity index (χ0) is 13.3. The summed E-state index contributed by atoms with van der Waals surface area (Å²) in [5, 5.41) is 0. The second-order valence-corrected chi connectivity index (χ2v) is 7.50. The second kappa shape index (κ2) is 4.64. The third kappa shape index (κ3) is 4.00. The molecule has 1 heterocycles. The lowest BCUT2D eigenvalue weighted by Crippen LogP contribution is -2.30. The Morgan fingerprint density at radius 3 is 2.41 bits per heavy atom. The predicted molar refractivity (Wildman–Crippen MR) is 70.1 cm³/mol. The van der Waals surface area contributed by atoms with E-state index in [1.54, 1.807) is 18.3 Å². The molecule has 0 saturated carbocycles. The highest BCUT2D eigenvalue weighted by Crippen LogP contribution is 2.24. The standard InChI is InChI=1S/C12H20N2O2S/c1-12(2,3)9-14(4)11-10(17(5,15)16)7-6-8-13-11/h6-8H,9H2,1-5H3. The van der Waals surface area contributed by atoms with Crippen molar-refractivity contribution in [2.24, 2.45) is 5.41 Å². The third-order valence-electron chi connectivity index (χ3n) is 2.22. The summed E-state index contributed by atoms with van der Waals surface area (Å²) in [6.45, 7) is 7.05. The van der Waals surface area contributed by atoms with Crippen molar-refractivity contribution >= 4 is 15.7 Å². The van der Waals surface area contributed by atoms with Gasteiger partial charge in [-0.05, 0) is 17.5 Å². The van der Waals surface area contributed by atoms with Gasteiger partial charge in [0, 0.05) is 26.0 Å². The van der Waals surface area contributed by atoms with Gasteiger partial charge in [0.15, 0.2) is 9.84 Å². The first-order valence-electron chi connectivity index (χ1n) is 5.47. The molecule has 1 rings (SSSR count). The minimum atomic E-state index is -3.24. The van der Waals surface area contributed by atoms with E-state index in [2.05, 4.69) is 25.8 Å². The molecular weight excluding hydrogens is 236 g/mol. The lowest BCUT2D eigenvalue weighted by molar-refractivity contribution is 0.417. The number of hydrogen-bond donors (Lipinski definition) is 0. The number of aromatic nitrogens is 1. The van der Waals surface area contributed by atoms with Gasteiger partial charge in [-0.15, -0.1) is 0 Å². The first kappa shape index (κ1) is 14.0. The molecule has 0 aromatic carbocycles. The molecule has 0 amide bonds. The van der Waals surface area contributed by atoms with Crippen molar-refractivity contribution in [1.82, 2.24) is 4.98 Å². The van der Waals surface area contributed by atoms with Crippen molar-refractivity contribution in [2.75, 3.05) is 24.7 Å². The summed E-state index contributed by atoms with van der Waals surface area (Å²) >= 11 is 0.